The highest BCUT2D eigenvalue weighted by Gasteiger charge is 2.12. The van der Waals surface area contributed by atoms with Crippen LogP contribution in [0, 0.1) is 13.0 Å². The second-order valence-electron chi connectivity index (χ2n) is 4.00. The standard InChI is InChI=1S/C11H15/c1-9-6-5-7-10(8-9)11(2,3)4/h5-7H,1-4H3. The number of rotatable bonds is 0. The molecular weight excluding hydrogens is 132 g/mol. The molecule has 0 nitrogen and oxygen atoms in total. The molecule has 0 atom stereocenters. The van der Waals surface area contributed by atoms with Crippen LogP contribution in [0.4, 0.5) is 0 Å². The van der Waals surface area contributed by atoms with Crippen LogP contribution in [0.15, 0.2) is 18.2 Å². The lowest BCUT2D eigenvalue weighted by Gasteiger charge is -2.18. The van der Waals surface area contributed by atoms with Crippen molar-refractivity contribution in [2.24, 2.45) is 0 Å². The summed E-state index contributed by atoms with van der Waals surface area (Å²) in [6.07, 6.45) is 0. The van der Waals surface area contributed by atoms with Gasteiger partial charge in [-0.05, 0) is 29.5 Å². The maximum atomic E-state index is 3.35. The van der Waals surface area contributed by atoms with Gasteiger partial charge in [0.1, 0.15) is 0 Å². The van der Waals surface area contributed by atoms with E-state index < -0.39 is 0 Å². The maximum Gasteiger partial charge on any atom is -0.0112 e. The van der Waals surface area contributed by atoms with Crippen molar-refractivity contribution in [3.05, 3.63) is 35.4 Å². The Labute approximate surface area is 69.3 Å². The highest BCUT2D eigenvalue weighted by Crippen LogP contribution is 2.21. The van der Waals surface area contributed by atoms with Crippen molar-refractivity contribution in [2.45, 2.75) is 33.1 Å². The largest absolute Gasteiger partial charge is 0.0617 e. The monoisotopic (exact) mass is 147 g/mol. The van der Waals surface area contributed by atoms with E-state index in [1.807, 2.05) is 0 Å². The van der Waals surface area contributed by atoms with Crippen LogP contribution < -0.4 is 0 Å². The first-order valence-electron chi connectivity index (χ1n) is 3.99. The first-order valence-corrected chi connectivity index (χ1v) is 3.99. The van der Waals surface area contributed by atoms with E-state index in [0.717, 1.165) is 0 Å². The van der Waals surface area contributed by atoms with Crippen LogP contribution in [0.2, 0.25) is 0 Å². The highest BCUT2D eigenvalue weighted by molar-refractivity contribution is 5.25. The van der Waals surface area contributed by atoms with Gasteiger partial charge in [0.2, 0.25) is 0 Å². The zero-order valence-corrected chi connectivity index (χ0v) is 7.73. The molecule has 0 saturated carbocycles. The molecule has 11 heavy (non-hydrogen) atoms. The molecule has 0 aliphatic carbocycles. The van der Waals surface area contributed by atoms with Gasteiger partial charge in [0, 0.05) is 0 Å². The second-order valence-corrected chi connectivity index (χ2v) is 4.00. The van der Waals surface area contributed by atoms with E-state index >= 15 is 0 Å². The summed E-state index contributed by atoms with van der Waals surface area (Å²) >= 11 is 0. The summed E-state index contributed by atoms with van der Waals surface area (Å²) < 4.78 is 0. The van der Waals surface area contributed by atoms with Gasteiger partial charge in [0.05, 0.1) is 0 Å². The lowest BCUT2D eigenvalue weighted by atomic mass is 9.86. The zero-order valence-electron chi connectivity index (χ0n) is 7.73. The summed E-state index contributed by atoms with van der Waals surface area (Å²) in [5.41, 5.74) is 2.74. The Morgan fingerprint density at radius 2 is 1.82 bits per heavy atom. The maximum absolute atomic E-state index is 3.35. The molecule has 0 heterocycles. The zero-order chi connectivity index (χ0) is 8.48. The molecule has 0 N–H and O–H groups in total. The molecule has 1 radical (unpaired) electrons. The molecule has 0 spiro atoms. The summed E-state index contributed by atoms with van der Waals surface area (Å²) in [6.45, 7) is 8.70. The Hall–Kier alpha value is -0.780. The van der Waals surface area contributed by atoms with Crippen LogP contribution in [0.1, 0.15) is 31.9 Å². The Kier molecular flexibility index (Phi) is 2.03. The normalized spacial score (nSPS) is 11.6. The summed E-state index contributed by atoms with van der Waals surface area (Å²) in [5.74, 6) is 0. The van der Waals surface area contributed by atoms with E-state index in [-0.39, 0.29) is 5.41 Å². The van der Waals surface area contributed by atoms with E-state index in [1.54, 1.807) is 0 Å². The van der Waals surface area contributed by atoms with Crippen molar-refractivity contribution in [1.29, 1.82) is 0 Å². The molecule has 0 heteroatoms. The molecule has 1 aromatic carbocycles. The molecular formula is C11H15. The van der Waals surface area contributed by atoms with E-state index in [4.69, 9.17) is 0 Å². The Morgan fingerprint density at radius 3 is 2.18 bits per heavy atom. The lowest BCUT2D eigenvalue weighted by molar-refractivity contribution is 0.588. The minimum absolute atomic E-state index is 0.228. The lowest BCUT2D eigenvalue weighted by Crippen LogP contribution is -2.10. The van der Waals surface area contributed by atoms with E-state index in [1.165, 1.54) is 11.1 Å². The van der Waals surface area contributed by atoms with E-state index in [0.29, 0.717) is 0 Å². The summed E-state index contributed by atoms with van der Waals surface area (Å²) in [6, 6.07) is 9.65. The molecule has 0 amide bonds. The van der Waals surface area contributed by atoms with Gasteiger partial charge < -0.3 is 0 Å². The molecule has 1 rings (SSSR count). The third kappa shape index (κ3) is 2.07. The molecule has 0 unspecified atom stereocenters. The van der Waals surface area contributed by atoms with Gasteiger partial charge in [-0.3, -0.25) is 0 Å². The molecule has 0 aliphatic heterocycles. The Bertz CT molecular complexity index is 240. The van der Waals surface area contributed by atoms with Crippen LogP contribution in [0.5, 0.6) is 0 Å². The van der Waals surface area contributed by atoms with Crippen molar-refractivity contribution in [3.8, 4) is 0 Å². The number of hydrogen-bond donors (Lipinski definition) is 0. The van der Waals surface area contributed by atoms with Crippen LogP contribution in [-0.4, -0.2) is 0 Å². The van der Waals surface area contributed by atoms with Gasteiger partial charge in [0.15, 0.2) is 0 Å². The fourth-order valence-corrected chi connectivity index (χ4v) is 1.02. The predicted octanol–water partition coefficient (Wildman–Crippen LogP) is 3.09. The van der Waals surface area contributed by atoms with Gasteiger partial charge >= 0.3 is 0 Å². The molecule has 59 valence electrons. The topological polar surface area (TPSA) is 0 Å². The molecule has 0 aromatic heterocycles. The second kappa shape index (κ2) is 2.69. The van der Waals surface area contributed by atoms with Gasteiger partial charge in [-0.25, -0.2) is 0 Å². The average molecular weight is 147 g/mol. The van der Waals surface area contributed by atoms with Crippen molar-refractivity contribution in [2.75, 3.05) is 0 Å². The third-order valence-corrected chi connectivity index (χ3v) is 1.75. The highest BCUT2D eigenvalue weighted by atomic mass is 14.2. The van der Waals surface area contributed by atoms with E-state index in [2.05, 4.69) is 52.0 Å². The van der Waals surface area contributed by atoms with Crippen LogP contribution in [-0.2, 0) is 5.41 Å². The van der Waals surface area contributed by atoms with Crippen molar-refractivity contribution < 1.29 is 0 Å². The Morgan fingerprint density at radius 1 is 1.18 bits per heavy atom. The summed E-state index contributed by atoms with van der Waals surface area (Å²) in [7, 11) is 0. The van der Waals surface area contributed by atoms with E-state index in [9.17, 15) is 0 Å². The molecule has 0 bridgehead atoms. The van der Waals surface area contributed by atoms with Crippen molar-refractivity contribution >= 4 is 0 Å². The van der Waals surface area contributed by atoms with Crippen molar-refractivity contribution in [1.82, 2.24) is 0 Å². The number of aryl methyl sites for hydroxylation is 1. The minimum Gasteiger partial charge on any atom is -0.0617 e. The summed E-state index contributed by atoms with van der Waals surface area (Å²) in [5, 5.41) is 0. The fraction of sp³-hybridized carbons (Fsp3) is 0.455. The Balaban J connectivity index is 3.06. The smallest absolute Gasteiger partial charge is 0.0112 e. The minimum atomic E-state index is 0.228. The van der Waals surface area contributed by atoms with Gasteiger partial charge in [-0.2, -0.15) is 0 Å². The molecule has 0 saturated heterocycles. The first-order chi connectivity index (χ1) is 5.00. The van der Waals surface area contributed by atoms with Crippen molar-refractivity contribution in [3.63, 3.8) is 0 Å². The SMILES string of the molecule is Cc1[c]c(C(C)(C)C)ccc1. The third-order valence-electron chi connectivity index (χ3n) is 1.75. The quantitative estimate of drug-likeness (QED) is 0.529. The van der Waals surface area contributed by atoms with Gasteiger partial charge in [-0.15, -0.1) is 0 Å². The fourth-order valence-electron chi connectivity index (χ4n) is 1.02. The molecule has 1 aromatic rings. The molecule has 0 fully saturated rings. The average Bonchev–Trinajstić information content (AvgIpc) is 1.86. The summed E-state index contributed by atoms with van der Waals surface area (Å²) in [4.78, 5) is 0. The molecule has 0 aliphatic rings. The predicted molar refractivity (Wildman–Crippen MR) is 48.7 cm³/mol. The van der Waals surface area contributed by atoms with Crippen LogP contribution in [0.3, 0.4) is 0 Å². The number of hydrogen-bond acceptors (Lipinski definition) is 0. The van der Waals surface area contributed by atoms with Crippen LogP contribution in [0.25, 0.3) is 0 Å². The van der Waals surface area contributed by atoms with Crippen LogP contribution >= 0.6 is 0 Å². The van der Waals surface area contributed by atoms with Gasteiger partial charge in [0.25, 0.3) is 0 Å². The van der Waals surface area contributed by atoms with Gasteiger partial charge in [-0.1, -0.05) is 39.0 Å². The first kappa shape index (κ1) is 8.32. The number of benzene rings is 1.